The van der Waals surface area contributed by atoms with Crippen LogP contribution in [-0.4, -0.2) is 25.5 Å². The van der Waals surface area contributed by atoms with E-state index in [0.29, 0.717) is 0 Å². The minimum Gasteiger partial charge on any atom is -0.490 e. The molecule has 0 bridgehead atoms. The maximum absolute atomic E-state index is 6.08. The van der Waals surface area contributed by atoms with E-state index in [4.69, 9.17) is 9.47 Å². The smallest absolute Gasteiger partial charge is 0.131 e. The van der Waals surface area contributed by atoms with Gasteiger partial charge in [0, 0.05) is 0 Å². The highest BCUT2D eigenvalue weighted by molar-refractivity contribution is 7.64. The molecule has 0 saturated heterocycles. The summed E-state index contributed by atoms with van der Waals surface area (Å²) < 4.78 is 12.2. The normalized spacial score (nSPS) is 11.3. The maximum Gasteiger partial charge on any atom is 0.131 e. The summed E-state index contributed by atoms with van der Waals surface area (Å²) in [7, 11) is -0.217. The third-order valence-electron chi connectivity index (χ3n) is 3.37. The fraction of sp³-hybridized carbons (Fsp3) is 0.400. The quantitative estimate of drug-likeness (QED) is 0.670. The van der Waals surface area contributed by atoms with Crippen molar-refractivity contribution >= 4 is 13.2 Å². The molecular formula is C20H27O2P. The lowest BCUT2D eigenvalue weighted by atomic mass is 10.0. The van der Waals surface area contributed by atoms with Crippen molar-refractivity contribution in [2.75, 3.05) is 13.3 Å². The van der Waals surface area contributed by atoms with Crippen LogP contribution in [0.5, 0.6) is 11.5 Å². The molecule has 0 spiro atoms. The summed E-state index contributed by atoms with van der Waals surface area (Å²) in [5.41, 5.74) is 2.29. The lowest BCUT2D eigenvalue weighted by Crippen LogP contribution is -2.12. The van der Waals surface area contributed by atoms with Crippen LogP contribution < -0.4 is 14.8 Å². The summed E-state index contributed by atoms with van der Waals surface area (Å²) >= 11 is 0. The highest BCUT2D eigenvalue weighted by atomic mass is 31.1. The van der Waals surface area contributed by atoms with Gasteiger partial charge in [0.15, 0.2) is 0 Å². The molecule has 0 N–H and O–H groups in total. The van der Waals surface area contributed by atoms with E-state index < -0.39 is 0 Å². The van der Waals surface area contributed by atoms with E-state index in [1.54, 1.807) is 0 Å². The minimum absolute atomic E-state index is 0.125. The van der Waals surface area contributed by atoms with E-state index in [1.165, 1.54) is 10.9 Å². The molecule has 0 fully saturated rings. The zero-order valence-corrected chi connectivity index (χ0v) is 15.9. The van der Waals surface area contributed by atoms with E-state index >= 15 is 0 Å². The standard InChI is InChI=1S/C20H27O2P/c1-14(2)21-17-11-9-12-18(22-15(3)4)20(17)16-10-7-8-13-19(16)23(5)6/h7-15H,1-6H3. The van der Waals surface area contributed by atoms with Gasteiger partial charge in [0.05, 0.1) is 17.8 Å². The van der Waals surface area contributed by atoms with Crippen molar-refractivity contribution in [2.45, 2.75) is 39.9 Å². The van der Waals surface area contributed by atoms with Gasteiger partial charge in [-0.2, -0.15) is 0 Å². The molecule has 0 atom stereocenters. The Morgan fingerprint density at radius 3 is 1.74 bits per heavy atom. The molecule has 2 aromatic rings. The van der Waals surface area contributed by atoms with Crippen molar-refractivity contribution in [3.63, 3.8) is 0 Å². The van der Waals surface area contributed by atoms with Crippen LogP contribution in [0.1, 0.15) is 27.7 Å². The molecule has 0 amide bonds. The molecule has 0 radical (unpaired) electrons. The van der Waals surface area contributed by atoms with Crippen molar-refractivity contribution < 1.29 is 9.47 Å². The molecule has 0 saturated carbocycles. The third kappa shape index (κ3) is 4.48. The van der Waals surface area contributed by atoms with Crippen LogP contribution in [0.3, 0.4) is 0 Å². The summed E-state index contributed by atoms with van der Waals surface area (Å²) in [5, 5.41) is 1.37. The predicted octanol–water partition coefficient (Wildman–Crippen LogP) is 5.29. The molecule has 2 aromatic carbocycles. The van der Waals surface area contributed by atoms with Crippen molar-refractivity contribution in [3.8, 4) is 22.6 Å². The summed E-state index contributed by atoms with van der Waals surface area (Å²) in [6, 6.07) is 14.7. The van der Waals surface area contributed by atoms with Crippen LogP contribution in [0, 0.1) is 0 Å². The second-order valence-electron chi connectivity index (χ2n) is 6.37. The van der Waals surface area contributed by atoms with Gasteiger partial charge in [-0.15, -0.1) is 0 Å². The molecule has 0 aromatic heterocycles. The van der Waals surface area contributed by atoms with Gasteiger partial charge in [0.25, 0.3) is 0 Å². The Morgan fingerprint density at radius 1 is 0.739 bits per heavy atom. The van der Waals surface area contributed by atoms with E-state index in [0.717, 1.165) is 17.1 Å². The Labute approximate surface area is 141 Å². The van der Waals surface area contributed by atoms with Crippen LogP contribution >= 0.6 is 7.92 Å². The zero-order valence-electron chi connectivity index (χ0n) is 15.0. The summed E-state index contributed by atoms with van der Waals surface area (Å²) in [5.74, 6) is 1.78. The molecule has 124 valence electrons. The highest BCUT2D eigenvalue weighted by Crippen LogP contribution is 2.41. The fourth-order valence-corrected chi connectivity index (χ4v) is 3.61. The second-order valence-corrected chi connectivity index (χ2v) is 8.64. The first-order valence-corrected chi connectivity index (χ1v) is 10.4. The molecule has 23 heavy (non-hydrogen) atoms. The summed E-state index contributed by atoms with van der Waals surface area (Å²) in [6.07, 6.45) is 0.250. The summed E-state index contributed by atoms with van der Waals surface area (Å²) in [6.45, 7) is 12.8. The van der Waals surface area contributed by atoms with Crippen molar-refractivity contribution in [2.24, 2.45) is 0 Å². The topological polar surface area (TPSA) is 18.5 Å². The molecule has 3 heteroatoms. The number of hydrogen-bond acceptors (Lipinski definition) is 2. The lowest BCUT2D eigenvalue weighted by molar-refractivity contribution is 0.231. The van der Waals surface area contributed by atoms with Gasteiger partial charge < -0.3 is 9.47 Å². The van der Waals surface area contributed by atoms with Crippen LogP contribution in [0.15, 0.2) is 42.5 Å². The minimum atomic E-state index is -0.217. The number of ether oxygens (including phenoxy) is 2. The number of benzene rings is 2. The van der Waals surface area contributed by atoms with E-state index in [1.807, 2.05) is 18.2 Å². The first-order valence-electron chi connectivity index (χ1n) is 8.13. The van der Waals surface area contributed by atoms with Crippen molar-refractivity contribution in [1.29, 1.82) is 0 Å². The molecule has 0 aliphatic carbocycles. The van der Waals surface area contributed by atoms with Gasteiger partial charge >= 0.3 is 0 Å². The second kappa shape index (κ2) is 7.84. The Bertz CT molecular complexity index is 620. The zero-order chi connectivity index (χ0) is 17.0. The van der Waals surface area contributed by atoms with E-state index in [-0.39, 0.29) is 20.1 Å². The maximum atomic E-state index is 6.08. The largest absolute Gasteiger partial charge is 0.490 e. The Morgan fingerprint density at radius 2 is 1.26 bits per heavy atom. The third-order valence-corrected chi connectivity index (χ3v) is 4.72. The average molecular weight is 330 g/mol. The predicted molar refractivity (Wildman–Crippen MR) is 102 cm³/mol. The molecule has 2 nitrogen and oxygen atoms in total. The van der Waals surface area contributed by atoms with Gasteiger partial charge in [-0.05, 0) is 64.0 Å². The van der Waals surface area contributed by atoms with Crippen LogP contribution in [-0.2, 0) is 0 Å². The molecular weight excluding hydrogens is 303 g/mol. The van der Waals surface area contributed by atoms with Crippen molar-refractivity contribution in [1.82, 2.24) is 0 Å². The molecule has 2 rings (SSSR count). The first-order chi connectivity index (χ1) is 10.9. The monoisotopic (exact) mass is 330 g/mol. The van der Waals surface area contributed by atoms with Gasteiger partial charge in [-0.3, -0.25) is 0 Å². The Hall–Kier alpha value is -1.53. The SMILES string of the molecule is CC(C)Oc1cccc(OC(C)C)c1-c1ccccc1P(C)C. The molecule has 0 unspecified atom stereocenters. The molecule has 0 aliphatic rings. The van der Waals surface area contributed by atoms with Gasteiger partial charge in [-0.1, -0.05) is 38.3 Å². The van der Waals surface area contributed by atoms with Crippen LogP contribution in [0.25, 0.3) is 11.1 Å². The van der Waals surface area contributed by atoms with E-state index in [9.17, 15) is 0 Å². The van der Waals surface area contributed by atoms with Gasteiger partial charge in [-0.25, -0.2) is 0 Å². The van der Waals surface area contributed by atoms with Crippen LogP contribution in [0.2, 0.25) is 0 Å². The Kier molecular flexibility index (Phi) is 6.07. The average Bonchev–Trinajstić information content (AvgIpc) is 2.46. The van der Waals surface area contributed by atoms with E-state index in [2.05, 4.69) is 65.3 Å². The number of hydrogen-bond donors (Lipinski definition) is 0. The molecule has 0 aliphatic heterocycles. The lowest BCUT2D eigenvalue weighted by Gasteiger charge is -2.22. The first kappa shape index (κ1) is 17.8. The number of rotatable bonds is 6. The molecule has 0 heterocycles. The van der Waals surface area contributed by atoms with Crippen LogP contribution in [0.4, 0.5) is 0 Å². The highest BCUT2D eigenvalue weighted by Gasteiger charge is 2.18. The Balaban J connectivity index is 2.66. The van der Waals surface area contributed by atoms with Crippen molar-refractivity contribution in [3.05, 3.63) is 42.5 Å². The summed E-state index contributed by atoms with van der Waals surface area (Å²) in [4.78, 5) is 0. The van der Waals surface area contributed by atoms with Gasteiger partial charge in [0.2, 0.25) is 0 Å². The fourth-order valence-electron chi connectivity index (χ4n) is 2.56. The van der Waals surface area contributed by atoms with Gasteiger partial charge in [0.1, 0.15) is 11.5 Å².